The number of nitrogens with one attached hydrogen (secondary N) is 1. The van der Waals surface area contributed by atoms with Gasteiger partial charge in [0.25, 0.3) is 0 Å². The first-order valence-electron chi connectivity index (χ1n) is 18.9. The van der Waals surface area contributed by atoms with E-state index >= 15 is 0 Å². The van der Waals surface area contributed by atoms with Gasteiger partial charge in [0.15, 0.2) is 0 Å². The molecule has 3 heteroatoms. The maximum atomic E-state index is 12.6. The number of hydrogen-bond acceptors (Lipinski definition) is 3. The Morgan fingerprint density at radius 1 is 0.537 bits per heavy atom. The van der Waals surface area contributed by atoms with Crippen molar-refractivity contribution in [1.82, 2.24) is 10.2 Å². The fourth-order valence-corrected chi connectivity index (χ4v) is 6.49. The van der Waals surface area contributed by atoms with E-state index in [0.29, 0.717) is 5.78 Å². The smallest absolute Gasteiger partial charge is 0.132 e. The van der Waals surface area contributed by atoms with E-state index in [9.17, 15) is 4.79 Å². The van der Waals surface area contributed by atoms with Gasteiger partial charge >= 0.3 is 0 Å². The van der Waals surface area contributed by atoms with Crippen LogP contribution in [0.25, 0.3) is 0 Å². The predicted octanol–water partition coefficient (Wildman–Crippen LogP) is 11.7. The molecule has 0 rings (SSSR count). The number of ketones is 1. The van der Waals surface area contributed by atoms with Crippen molar-refractivity contribution >= 4 is 5.78 Å². The number of nitrogens with zero attached hydrogens (tertiary/aromatic N) is 1. The molecule has 0 spiro atoms. The Morgan fingerprint density at radius 2 is 0.976 bits per heavy atom. The Bertz CT molecular complexity index is 522. The van der Waals surface area contributed by atoms with E-state index in [0.717, 1.165) is 44.2 Å². The molecule has 246 valence electrons. The summed E-state index contributed by atoms with van der Waals surface area (Å²) in [7, 11) is 4.42. The van der Waals surface area contributed by atoms with Crippen LogP contribution < -0.4 is 5.32 Å². The maximum Gasteiger partial charge on any atom is 0.132 e. The zero-order valence-electron chi connectivity index (χ0n) is 29.2. The average Bonchev–Trinajstić information content (AvgIpc) is 2.97. The summed E-state index contributed by atoms with van der Waals surface area (Å²) in [6.07, 6.45) is 36.6. The molecule has 0 aromatic heterocycles. The molecule has 0 amide bonds. The van der Waals surface area contributed by atoms with Gasteiger partial charge in [0.2, 0.25) is 0 Å². The van der Waals surface area contributed by atoms with Gasteiger partial charge in [0, 0.05) is 18.9 Å². The summed E-state index contributed by atoms with van der Waals surface area (Å²) in [6.45, 7) is 9.22. The zero-order chi connectivity index (χ0) is 30.2. The summed E-state index contributed by atoms with van der Waals surface area (Å²) in [5.41, 5.74) is 0. The highest BCUT2D eigenvalue weighted by Crippen LogP contribution is 2.24. The maximum absolute atomic E-state index is 12.6. The molecule has 0 aromatic carbocycles. The van der Waals surface area contributed by atoms with Crippen LogP contribution in [0.4, 0.5) is 0 Å². The molecule has 0 aliphatic carbocycles. The van der Waals surface area contributed by atoms with E-state index in [2.05, 4.69) is 45.1 Å². The SMILES string of the molecule is CCCCCCCCCC(CCCCCCCCC(=O)CCC(CCCCC)CCCCCC)N(C)CCCNC. The van der Waals surface area contributed by atoms with Crippen molar-refractivity contribution in [3.8, 4) is 0 Å². The van der Waals surface area contributed by atoms with Gasteiger partial charge in [-0.2, -0.15) is 0 Å². The van der Waals surface area contributed by atoms with Gasteiger partial charge in [-0.3, -0.25) is 4.79 Å². The quantitative estimate of drug-likeness (QED) is 0.0771. The number of carbonyl (C=O) groups is 1. The Hall–Kier alpha value is -0.410. The third-order valence-corrected chi connectivity index (χ3v) is 9.46. The summed E-state index contributed by atoms with van der Waals surface area (Å²) >= 11 is 0. The van der Waals surface area contributed by atoms with Gasteiger partial charge < -0.3 is 10.2 Å². The van der Waals surface area contributed by atoms with Gasteiger partial charge in [-0.15, -0.1) is 0 Å². The molecule has 0 fully saturated rings. The molecular weight excluding hydrogens is 500 g/mol. The van der Waals surface area contributed by atoms with E-state index < -0.39 is 0 Å². The van der Waals surface area contributed by atoms with Gasteiger partial charge in [0.05, 0.1) is 0 Å². The molecule has 0 heterocycles. The van der Waals surface area contributed by atoms with E-state index in [1.807, 2.05) is 0 Å². The number of carbonyl (C=O) groups excluding carboxylic acids is 1. The number of Topliss-reactive ketones (excluding diaryl/α,β-unsaturated/α-hetero) is 1. The lowest BCUT2D eigenvalue weighted by molar-refractivity contribution is -0.119. The highest BCUT2D eigenvalue weighted by molar-refractivity contribution is 5.78. The topological polar surface area (TPSA) is 32.3 Å². The highest BCUT2D eigenvalue weighted by atomic mass is 16.1. The third-order valence-electron chi connectivity index (χ3n) is 9.46. The largest absolute Gasteiger partial charge is 0.320 e. The Balaban J connectivity index is 4.08. The molecule has 0 saturated carbocycles. The normalized spacial score (nSPS) is 13.2. The molecule has 3 nitrogen and oxygen atoms in total. The van der Waals surface area contributed by atoms with Crippen LogP contribution >= 0.6 is 0 Å². The molecule has 0 aromatic rings. The first kappa shape index (κ1) is 40.6. The van der Waals surface area contributed by atoms with Crippen LogP contribution in [0, 0.1) is 5.92 Å². The van der Waals surface area contributed by atoms with Gasteiger partial charge in [-0.05, 0) is 65.2 Å². The molecule has 0 aliphatic rings. The highest BCUT2D eigenvalue weighted by Gasteiger charge is 2.14. The standard InChI is InChI=1S/C38H78N2O/c1-6-9-12-14-15-18-23-29-37(40(5)35-26-34-39-4)30-24-19-16-17-20-25-31-38(41)33-32-36(27-21-11-8-3)28-22-13-10-7-2/h36-37,39H,6-35H2,1-5H3. The van der Waals surface area contributed by atoms with Crippen molar-refractivity contribution in [2.45, 2.75) is 207 Å². The lowest BCUT2D eigenvalue weighted by atomic mass is 9.89. The van der Waals surface area contributed by atoms with Gasteiger partial charge in [0.1, 0.15) is 5.78 Å². The van der Waals surface area contributed by atoms with Gasteiger partial charge in [-0.25, -0.2) is 0 Å². The fraction of sp³-hybridized carbons (Fsp3) is 0.974. The molecule has 0 aliphatic heterocycles. The summed E-state index contributed by atoms with van der Waals surface area (Å²) in [4.78, 5) is 15.2. The minimum absolute atomic E-state index is 0.536. The monoisotopic (exact) mass is 579 g/mol. The molecule has 41 heavy (non-hydrogen) atoms. The van der Waals surface area contributed by atoms with Crippen LogP contribution in [0.3, 0.4) is 0 Å². The van der Waals surface area contributed by atoms with Crippen LogP contribution in [0.1, 0.15) is 201 Å². The first-order chi connectivity index (χ1) is 20.1. The van der Waals surface area contributed by atoms with Crippen molar-refractivity contribution in [3.63, 3.8) is 0 Å². The average molecular weight is 579 g/mol. The molecule has 0 radical (unpaired) electrons. The van der Waals surface area contributed by atoms with E-state index in [-0.39, 0.29) is 0 Å². The Kier molecular flexibility index (Phi) is 32.2. The summed E-state index contributed by atoms with van der Waals surface area (Å²) in [6, 6.07) is 0.762. The first-order valence-corrected chi connectivity index (χ1v) is 18.9. The number of hydrogen-bond donors (Lipinski definition) is 1. The predicted molar refractivity (Wildman–Crippen MR) is 185 cm³/mol. The fourth-order valence-electron chi connectivity index (χ4n) is 6.49. The lowest BCUT2D eigenvalue weighted by Gasteiger charge is -2.28. The summed E-state index contributed by atoms with van der Waals surface area (Å²) in [5, 5.41) is 3.31. The van der Waals surface area contributed by atoms with Crippen LogP contribution in [0.2, 0.25) is 0 Å². The minimum Gasteiger partial charge on any atom is -0.320 e. The van der Waals surface area contributed by atoms with Crippen molar-refractivity contribution in [2.24, 2.45) is 5.92 Å². The molecular formula is C38H78N2O. The van der Waals surface area contributed by atoms with E-state index in [1.54, 1.807) is 0 Å². The van der Waals surface area contributed by atoms with Crippen molar-refractivity contribution in [2.75, 3.05) is 27.2 Å². The Morgan fingerprint density at radius 3 is 1.54 bits per heavy atom. The van der Waals surface area contributed by atoms with Crippen LogP contribution in [-0.4, -0.2) is 43.9 Å². The van der Waals surface area contributed by atoms with Crippen LogP contribution in [0.15, 0.2) is 0 Å². The number of rotatable bonds is 34. The van der Waals surface area contributed by atoms with Crippen molar-refractivity contribution < 1.29 is 4.79 Å². The second kappa shape index (κ2) is 32.5. The van der Waals surface area contributed by atoms with E-state index in [4.69, 9.17) is 0 Å². The lowest BCUT2D eigenvalue weighted by Crippen LogP contribution is -2.33. The second-order valence-corrected chi connectivity index (χ2v) is 13.5. The van der Waals surface area contributed by atoms with E-state index in [1.165, 1.54) is 161 Å². The molecule has 1 N–H and O–H groups in total. The summed E-state index contributed by atoms with van der Waals surface area (Å²) < 4.78 is 0. The molecule has 2 atom stereocenters. The Labute approximate surface area is 260 Å². The minimum atomic E-state index is 0.536. The molecule has 2 unspecified atom stereocenters. The van der Waals surface area contributed by atoms with Crippen molar-refractivity contribution in [1.29, 1.82) is 0 Å². The van der Waals surface area contributed by atoms with Crippen molar-refractivity contribution in [3.05, 3.63) is 0 Å². The zero-order valence-corrected chi connectivity index (χ0v) is 29.2. The molecule has 0 saturated heterocycles. The third kappa shape index (κ3) is 28.1. The van der Waals surface area contributed by atoms with Crippen LogP contribution in [0.5, 0.6) is 0 Å². The second-order valence-electron chi connectivity index (χ2n) is 13.5. The molecule has 0 bridgehead atoms. The summed E-state index contributed by atoms with van der Waals surface area (Å²) in [5.74, 6) is 1.33. The van der Waals surface area contributed by atoms with Crippen LogP contribution in [-0.2, 0) is 4.79 Å². The van der Waals surface area contributed by atoms with Gasteiger partial charge in [-0.1, -0.05) is 156 Å². The number of unbranched alkanes of at least 4 members (excludes halogenated alkanes) is 16.